The Morgan fingerprint density at radius 1 is 1.36 bits per heavy atom. The summed E-state index contributed by atoms with van der Waals surface area (Å²) in [5.41, 5.74) is 0.989. The fourth-order valence-corrected chi connectivity index (χ4v) is 2.79. The van der Waals surface area contributed by atoms with Crippen LogP contribution < -0.4 is 0 Å². The first-order chi connectivity index (χ1) is 10.6. The smallest absolute Gasteiger partial charge is 0.335 e. The number of hydrogen-bond donors (Lipinski definition) is 1. The van der Waals surface area contributed by atoms with E-state index >= 15 is 0 Å². The number of morpholine rings is 1. The maximum Gasteiger partial charge on any atom is 0.335 e. The van der Waals surface area contributed by atoms with Gasteiger partial charge in [-0.25, -0.2) is 4.79 Å². The maximum absolute atomic E-state index is 12.3. The van der Waals surface area contributed by atoms with E-state index in [2.05, 4.69) is 6.92 Å². The third kappa shape index (κ3) is 4.31. The minimum absolute atomic E-state index is 0.0737. The van der Waals surface area contributed by atoms with Gasteiger partial charge in [0, 0.05) is 19.5 Å². The molecular weight excluding hydrogens is 282 g/mol. The lowest BCUT2D eigenvalue weighted by Crippen LogP contribution is -2.45. The van der Waals surface area contributed by atoms with Crippen molar-refractivity contribution < 1.29 is 19.4 Å². The molecule has 0 aliphatic carbocycles. The zero-order valence-electron chi connectivity index (χ0n) is 13.0. The summed E-state index contributed by atoms with van der Waals surface area (Å²) in [4.78, 5) is 25.3. The molecule has 5 nitrogen and oxygen atoms in total. The molecular formula is C17H23NO4. The van der Waals surface area contributed by atoms with Gasteiger partial charge in [0.1, 0.15) is 0 Å². The molecule has 1 fully saturated rings. The number of carbonyl (C=O) groups is 2. The molecule has 1 unspecified atom stereocenters. The molecule has 1 aromatic carbocycles. The van der Waals surface area contributed by atoms with Gasteiger partial charge < -0.3 is 14.7 Å². The average Bonchev–Trinajstić information content (AvgIpc) is 2.53. The molecule has 1 heterocycles. The van der Waals surface area contributed by atoms with Crippen LogP contribution >= 0.6 is 0 Å². The van der Waals surface area contributed by atoms with Gasteiger partial charge in [-0.05, 0) is 24.5 Å². The Morgan fingerprint density at radius 2 is 2.14 bits per heavy atom. The van der Waals surface area contributed by atoms with Crippen LogP contribution in [0.1, 0.15) is 42.1 Å². The van der Waals surface area contributed by atoms with E-state index < -0.39 is 5.97 Å². The number of ether oxygens (including phenoxy) is 1. The molecule has 22 heavy (non-hydrogen) atoms. The van der Waals surface area contributed by atoms with Crippen molar-refractivity contribution in [1.82, 2.24) is 4.90 Å². The van der Waals surface area contributed by atoms with E-state index in [0.717, 1.165) is 12.8 Å². The van der Waals surface area contributed by atoms with Gasteiger partial charge in [-0.2, -0.15) is 0 Å². The summed E-state index contributed by atoms with van der Waals surface area (Å²) in [7, 11) is 0. The van der Waals surface area contributed by atoms with Crippen molar-refractivity contribution in [2.75, 3.05) is 19.7 Å². The minimum Gasteiger partial charge on any atom is -0.478 e. The average molecular weight is 305 g/mol. The van der Waals surface area contributed by atoms with Gasteiger partial charge in [0.25, 0.3) is 0 Å². The number of carbonyl (C=O) groups excluding carboxylic acids is 1. The van der Waals surface area contributed by atoms with Crippen LogP contribution in [0.15, 0.2) is 24.3 Å². The van der Waals surface area contributed by atoms with Crippen LogP contribution in [0.25, 0.3) is 0 Å². The number of hydrogen-bond acceptors (Lipinski definition) is 3. The highest BCUT2D eigenvalue weighted by atomic mass is 16.5. The normalized spacial score (nSPS) is 18.2. The van der Waals surface area contributed by atoms with Crippen LogP contribution in [0.4, 0.5) is 0 Å². The van der Waals surface area contributed by atoms with Gasteiger partial charge in [0.2, 0.25) is 5.91 Å². The molecule has 0 radical (unpaired) electrons. The van der Waals surface area contributed by atoms with Crippen molar-refractivity contribution in [2.45, 2.75) is 38.7 Å². The molecule has 2 rings (SSSR count). The molecule has 0 saturated carbocycles. The van der Waals surface area contributed by atoms with Crippen LogP contribution in [0.5, 0.6) is 0 Å². The Morgan fingerprint density at radius 3 is 2.86 bits per heavy atom. The van der Waals surface area contributed by atoms with E-state index in [0.29, 0.717) is 38.1 Å². The summed E-state index contributed by atoms with van der Waals surface area (Å²) in [5.74, 6) is -0.873. The van der Waals surface area contributed by atoms with E-state index in [1.54, 1.807) is 24.3 Å². The van der Waals surface area contributed by atoms with Crippen LogP contribution in [0.3, 0.4) is 0 Å². The molecule has 5 heteroatoms. The number of carboxylic acids is 1. The zero-order chi connectivity index (χ0) is 15.9. The molecule has 1 saturated heterocycles. The van der Waals surface area contributed by atoms with Gasteiger partial charge in [0.15, 0.2) is 0 Å². The standard InChI is InChI=1S/C17H23NO4/c1-2-5-14-12-18(10-11-22-14)16(19)9-8-13-6-3-4-7-15(13)17(20)21/h3-4,6-7,14H,2,5,8-12H2,1H3,(H,20,21). The number of benzene rings is 1. The second kappa shape index (κ2) is 7.94. The van der Waals surface area contributed by atoms with Gasteiger partial charge in [-0.3, -0.25) is 4.79 Å². The van der Waals surface area contributed by atoms with E-state index in [-0.39, 0.29) is 17.6 Å². The van der Waals surface area contributed by atoms with Gasteiger partial charge in [-0.1, -0.05) is 31.5 Å². The SMILES string of the molecule is CCCC1CN(C(=O)CCc2ccccc2C(=O)O)CCO1. The molecule has 1 N–H and O–H groups in total. The number of nitrogens with zero attached hydrogens (tertiary/aromatic N) is 1. The summed E-state index contributed by atoms with van der Waals surface area (Å²) >= 11 is 0. The fourth-order valence-electron chi connectivity index (χ4n) is 2.79. The van der Waals surface area contributed by atoms with Gasteiger partial charge in [0.05, 0.1) is 18.3 Å². The Labute approximate surface area is 130 Å². The Kier molecular flexibility index (Phi) is 5.95. The Hall–Kier alpha value is -1.88. The highest BCUT2D eigenvalue weighted by Gasteiger charge is 2.23. The molecule has 0 spiro atoms. The monoisotopic (exact) mass is 305 g/mol. The fraction of sp³-hybridized carbons (Fsp3) is 0.529. The number of amides is 1. The molecule has 1 aromatic rings. The maximum atomic E-state index is 12.3. The quantitative estimate of drug-likeness (QED) is 0.876. The lowest BCUT2D eigenvalue weighted by molar-refractivity contribution is -0.139. The van der Waals surface area contributed by atoms with E-state index in [4.69, 9.17) is 9.84 Å². The first-order valence-electron chi connectivity index (χ1n) is 7.82. The first-order valence-corrected chi connectivity index (χ1v) is 7.82. The van der Waals surface area contributed by atoms with Crippen molar-refractivity contribution in [3.05, 3.63) is 35.4 Å². The summed E-state index contributed by atoms with van der Waals surface area (Å²) in [6, 6.07) is 6.86. The molecule has 1 aliphatic heterocycles. The summed E-state index contributed by atoms with van der Waals surface area (Å²) in [6.07, 6.45) is 2.93. The predicted molar refractivity (Wildman–Crippen MR) is 83.0 cm³/mol. The number of aryl methyl sites for hydroxylation is 1. The van der Waals surface area contributed by atoms with Crippen molar-refractivity contribution in [3.8, 4) is 0 Å². The largest absolute Gasteiger partial charge is 0.478 e. The number of aromatic carboxylic acids is 1. The minimum atomic E-state index is -0.947. The molecule has 1 aliphatic rings. The van der Waals surface area contributed by atoms with Gasteiger partial charge in [-0.15, -0.1) is 0 Å². The van der Waals surface area contributed by atoms with E-state index in [1.165, 1.54) is 0 Å². The van der Waals surface area contributed by atoms with Crippen molar-refractivity contribution in [2.24, 2.45) is 0 Å². The highest BCUT2D eigenvalue weighted by molar-refractivity contribution is 5.89. The Bertz CT molecular complexity index is 527. The van der Waals surface area contributed by atoms with E-state index in [1.807, 2.05) is 4.90 Å². The molecule has 0 aromatic heterocycles. The third-order valence-electron chi connectivity index (χ3n) is 3.96. The Balaban J connectivity index is 1.91. The zero-order valence-corrected chi connectivity index (χ0v) is 13.0. The van der Waals surface area contributed by atoms with Crippen LogP contribution in [0.2, 0.25) is 0 Å². The summed E-state index contributed by atoms with van der Waals surface area (Å²) < 4.78 is 5.64. The lowest BCUT2D eigenvalue weighted by atomic mass is 10.0. The summed E-state index contributed by atoms with van der Waals surface area (Å²) in [6.45, 7) is 3.96. The van der Waals surface area contributed by atoms with Crippen LogP contribution in [-0.2, 0) is 16.0 Å². The lowest BCUT2D eigenvalue weighted by Gasteiger charge is -2.33. The van der Waals surface area contributed by atoms with Crippen LogP contribution in [0, 0.1) is 0 Å². The second-order valence-electron chi connectivity index (χ2n) is 5.58. The van der Waals surface area contributed by atoms with E-state index in [9.17, 15) is 9.59 Å². The van der Waals surface area contributed by atoms with Gasteiger partial charge >= 0.3 is 5.97 Å². The molecule has 1 amide bonds. The molecule has 120 valence electrons. The van der Waals surface area contributed by atoms with Crippen molar-refractivity contribution in [3.63, 3.8) is 0 Å². The van der Waals surface area contributed by atoms with Crippen molar-refractivity contribution in [1.29, 1.82) is 0 Å². The topological polar surface area (TPSA) is 66.8 Å². The highest BCUT2D eigenvalue weighted by Crippen LogP contribution is 2.15. The molecule has 1 atom stereocenters. The first kappa shape index (κ1) is 16.5. The second-order valence-corrected chi connectivity index (χ2v) is 5.58. The third-order valence-corrected chi connectivity index (χ3v) is 3.96. The summed E-state index contributed by atoms with van der Waals surface area (Å²) in [5, 5.41) is 9.16. The van der Waals surface area contributed by atoms with Crippen LogP contribution in [-0.4, -0.2) is 47.7 Å². The molecule has 0 bridgehead atoms. The predicted octanol–water partition coefficient (Wildman–Crippen LogP) is 2.34. The number of rotatable bonds is 6. The van der Waals surface area contributed by atoms with Crippen molar-refractivity contribution >= 4 is 11.9 Å². The number of carboxylic acid groups (broad SMARTS) is 1.